The summed E-state index contributed by atoms with van der Waals surface area (Å²) in [7, 11) is 2.04. The third kappa shape index (κ3) is 1.41. The fraction of sp³-hybridized carbons (Fsp3) is 0.417. The lowest BCUT2D eigenvalue weighted by Gasteiger charge is -2.23. The zero-order valence-electron chi connectivity index (χ0n) is 9.43. The summed E-state index contributed by atoms with van der Waals surface area (Å²) in [5, 5.41) is 2.15. The van der Waals surface area contributed by atoms with Crippen LogP contribution in [0.2, 0.25) is 0 Å². The van der Waals surface area contributed by atoms with Gasteiger partial charge in [-0.25, -0.2) is 4.98 Å². The lowest BCUT2D eigenvalue weighted by atomic mass is 10.1. The van der Waals surface area contributed by atoms with Gasteiger partial charge < -0.3 is 9.30 Å². The summed E-state index contributed by atoms with van der Waals surface area (Å²) in [4.78, 5) is 5.68. The molecule has 0 saturated carbocycles. The third-order valence-corrected chi connectivity index (χ3v) is 4.20. The Kier molecular flexibility index (Phi) is 2.33. The van der Waals surface area contributed by atoms with Crippen LogP contribution in [0.1, 0.15) is 28.1 Å². The number of imidazole rings is 1. The predicted molar refractivity (Wildman–Crippen MR) is 63.8 cm³/mol. The van der Waals surface area contributed by atoms with E-state index in [0.717, 1.165) is 24.5 Å². The van der Waals surface area contributed by atoms with Crippen LogP contribution in [0.3, 0.4) is 0 Å². The first-order valence-electron chi connectivity index (χ1n) is 5.43. The average Bonchev–Trinajstić information content (AvgIpc) is 2.87. The number of ether oxygens (including phenoxy) is 1. The number of nitrogens with zero attached hydrogens (tertiary/aromatic N) is 2. The van der Waals surface area contributed by atoms with E-state index in [1.807, 2.05) is 20.2 Å². The number of thiophene rings is 1. The lowest BCUT2D eigenvalue weighted by Crippen LogP contribution is -2.17. The van der Waals surface area contributed by atoms with Crippen molar-refractivity contribution in [3.8, 4) is 0 Å². The normalized spacial score (nSPS) is 19.8. The summed E-state index contributed by atoms with van der Waals surface area (Å²) < 4.78 is 8.00. The largest absolute Gasteiger partial charge is 0.366 e. The van der Waals surface area contributed by atoms with E-state index in [9.17, 15) is 0 Å². The van der Waals surface area contributed by atoms with Gasteiger partial charge in [-0.15, -0.1) is 11.3 Å². The summed E-state index contributed by atoms with van der Waals surface area (Å²) in [5.41, 5.74) is 2.58. The highest BCUT2D eigenvalue weighted by molar-refractivity contribution is 7.10. The molecule has 1 aliphatic rings. The fourth-order valence-electron chi connectivity index (χ4n) is 2.13. The molecule has 2 aromatic heterocycles. The van der Waals surface area contributed by atoms with Crippen LogP contribution in [0.5, 0.6) is 0 Å². The van der Waals surface area contributed by atoms with Gasteiger partial charge in [-0.3, -0.25) is 0 Å². The van der Waals surface area contributed by atoms with Gasteiger partial charge >= 0.3 is 0 Å². The Labute approximate surface area is 98.7 Å². The Hall–Kier alpha value is -1.13. The van der Waals surface area contributed by atoms with Crippen LogP contribution in [0.15, 0.2) is 17.6 Å². The molecule has 4 heteroatoms. The van der Waals surface area contributed by atoms with Gasteiger partial charge in [0.25, 0.3) is 0 Å². The molecule has 16 heavy (non-hydrogen) atoms. The summed E-state index contributed by atoms with van der Waals surface area (Å²) in [6.07, 6.45) is 3.04. The van der Waals surface area contributed by atoms with E-state index < -0.39 is 0 Å². The first kappa shape index (κ1) is 10.1. The molecule has 0 fully saturated rings. The molecule has 0 radical (unpaired) electrons. The second-order valence-corrected chi connectivity index (χ2v) is 5.05. The molecule has 0 spiro atoms. The molecule has 0 bridgehead atoms. The smallest absolute Gasteiger partial charge is 0.133 e. The van der Waals surface area contributed by atoms with Crippen molar-refractivity contribution in [2.45, 2.75) is 19.4 Å². The van der Waals surface area contributed by atoms with Crippen LogP contribution in [0, 0.1) is 6.92 Å². The molecule has 1 aliphatic heterocycles. The van der Waals surface area contributed by atoms with Crippen molar-refractivity contribution in [3.63, 3.8) is 0 Å². The van der Waals surface area contributed by atoms with Crippen LogP contribution in [0.4, 0.5) is 0 Å². The van der Waals surface area contributed by atoms with Gasteiger partial charge in [0.1, 0.15) is 11.9 Å². The van der Waals surface area contributed by atoms with Crippen LogP contribution in [-0.2, 0) is 18.2 Å². The minimum Gasteiger partial charge on any atom is -0.366 e. The lowest BCUT2D eigenvalue weighted by molar-refractivity contribution is 0.0681. The Balaban J connectivity index is 2.07. The molecular formula is C12H14N2OS. The van der Waals surface area contributed by atoms with E-state index in [-0.39, 0.29) is 6.10 Å². The quantitative estimate of drug-likeness (QED) is 0.758. The van der Waals surface area contributed by atoms with Gasteiger partial charge in [0.2, 0.25) is 0 Å². The molecule has 3 heterocycles. The molecule has 0 N–H and O–H groups in total. The van der Waals surface area contributed by atoms with Gasteiger partial charge in [0.05, 0.1) is 18.5 Å². The van der Waals surface area contributed by atoms with Crippen molar-refractivity contribution >= 4 is 11.3 Å². The van der Waals surface area contributed by atoms with Gasteiger partial charge in [0, 0.05) is 11.9 Å². The number of aromatic nitrogens is 2. The number of rotatable bonds is 1. The molecule has 1 unspecified atom stereocenters. The predicted octanol–water partition coefficient (Wildman–Crippen LogP) is 2.45. The maximum atomic E-state index is 5.89. The molecule has 0 saturated heterocycles. The standard InChI is InChI=1S/C12H14N2OS/c1-8-13-7-10(14(8)2)11-12-9(3-5-15-11)4-6-16-12/h4,6-7,11H,3,5H2,1-2H3. The topological polar surface area (TPSA) is 27.1 Å². The molecule has 0 aromatic carbocycles. The van der Waals surface area contributed by atoms with Gasteiger partial charge in [-0.2, -0.15) is 0 Å². The molecular weight excluding hydrogens is 220 g/mol. The van der Waals surface area contributed by atoms with Crippen molar-refractivity contribution in [1.82, 2.24) is 9.55 Å². The molecule has 3 nitrogen and oxygen atoms in total. The van der Waals surface area contributed by atoms with Crippen molar-refractivity contribution in [2.24, 2.45) is 7.05 Å². The second kappa shape index (κ2) is 3.71. The Morgan fingerprint density at radius 1 is 1.56 bits per heavy atom. The van der Waals surface area contributed by atoms with Gasteiger partial charge in [-0.05, 0) is 30.4 Å². The van der Waals surface area contributed by atoms with Crippen molar-refractivity contribution in [3.05, 3.63) is 39.6 Å². The Morgan fingerprint density at radius 3 is 3.19 bits per heavy atom. The SMILES string of the molecule is Cc1ncc(C2OCCc3ccsc32)n1C. The van der Waals surface area contributed by atoms with Crippen molar-refractivity contribution in [2.75, 3.05) is 6.61 Å². The maximum Gasteiger partial charge on any atom is 0.133 e. The third-order valence-electron chi connectivity index (χ3n) is 3.20. The van der Waals surface area contributed by atoms with E-state index in [0.29, 0.717) is 0 Å². The van der Waals surface area contributed by atoms with E-state index >= 15 is 0 Å². The van der Waals surface area contributed by atoms with E-state index in [1.165, 1.54) is 10.4 Å². The number of hydrogen-bond acceptors (Lipinski definition) is 3. The molecule has 2 aromatic rings. The van der Waals surface area contributed by atoms with Crippen molar-refractivity contribution in [1.29, 1.82) is 0 Å². The second-order valence-electron chi connectivity index (χ2n) is 4.10. The van der Waals surface area contributed by atoms with Gasteiger partial charge in [-0.1, -0.05) is 0 Å². The van der Waals surface area contributed by atoms with Crippen molar-refractivity contribution < 1.29 is 4.74 Å². The number of hydrogen-bond donors (Lipinski definition) is 0. The van der Waals surface area contributed by atoms with E-state index in [2.05, 4.69) is 21.0 Å². The highest BCUT2D eigenvalue weighted by Gasteiger charge is 2.26. The van der Waals surface area contributed by atoms with E-state index in [1.54, 1.807) is 11.3 Å². The Morgan fingerprint density at radius 2 is 2.44 bits per heavy atom. The first-order chi connectivity index (χ1) is 7.77. The average molecular weight is 234 g/mol. The molecule has 1 atom stereocenters. The number of fused-ring (bicyclic) bond motifs is 1. The molecule has 0 aliphatic carbocycles. The summed E-state index contributed by atoms with van der Waals surface area (Å²) in [6, 6.07) is 2.21. The minimum absolute atomic E-state index is 0.0787. The van der Waals surface area contributed by atoms with E-state index in [4.69, 9.17) is 4.74 Å². The molecule has 84 valence electrons. The molecule has 0 amide bonds. The zero-order chi connectivity index (χ0) is 11.1. The van der Waals surface area contributed by atoms with Crippen LogP contribution in [0.25, 0.3) is 0 Å². The fourth-order valence-corrected chi connectivity index (χ4v) is 3.14. The van der Waals surface area contributed by atoms with Gasteiger partial charge in [0.15, 0.2) is 0 Å². The Bertz CT molecular complexity index is 515. The van der Waals surface area contributed by atoms with Crippen LogP contribution < -0.4 is 0 Å². The summed E-state index contributed by atoms with van der Waals surface area (Å²) >= 11 is 1.78. The molecule has 3 rings (SSSR count). The number of aryl methyl sites for hydroxylation is 1. The monoisotopic (exact) mass is 234 g/mol. The summed E-state index contributed by atoms with van der Waals surface area (Å²) in [6.45, 7) is 2.82. The highest BCUT2D eigenvalue weighted by Crippen LogP contribution is 2.36. The summed E-state index contributed by atoms with van der Waals surface area (Å²) in [5.74, 6) is 1.03. The maximum absolute atomic E-state index is 5.89. The highest BCUT2D eigenvalue weighted by atomic mass is 32.1. The first-order valence-corrected chi connectivity index (χ1v) is 6.31. The van der Waals surface area contributed by atoms with Crippen LogP contribution >= 0.6 is 11.3 Å². The minimum atomic E-state index is 0.0787. The van der Waals surface area contributed by atoms with Crippen LogP contribution in [-0.4, -0.2) is 16.2 Å². The zero-order valence-corrected chi connectivity index (χ0v) is 10.3.